The number of carbonyl (C=O) groups is 2. The van der Waals surface area contributed by atoms with Crippen molar-refractivity contribution in [2.24, 2.45) is 11.7 Å². The minimum absolute atomic E-state index is 0.0585. The second-order valence-electron chi connectivity index (χ2n) is 5.36. The molecule has 1 amide bonds. The SMILES string of the molecule is CCOc1ccc(C(=O)CN2CCCC(C(N)=O)C2)cc1. The van der Waals surface area contributed by atoms with Crippen molar-refractivity contribution in [1.82, 2.24) is 4.90 Å². The predicted octanol–water partition coefficient (Wildman–Crippen LogP) is 1.47. The van der Waals surface area contributed by atoms with Crippen molar-refractivity contribution in [2.75, 3.05) is 26.2 Å². The third-order valence-electron chi connectivity index (χ3n) is 3.76. The van der Waals surface area contributed by atoms with E-state index in [1.165, 1.54) is 0 Å². The highest BCUT2D eigenvalue weighted by atomic mass is 16.5. The van der Waals surface area contributed by atoms with E-state index in [4.69, 9.17) is 10.5 Å². The van der Waals surface area contributed by atoms with Crippen LogP contribution in [-0.2, 0) is 4.79 Å². The number of amides is 1. The summed E-state index contributed by atoms with van der Waals surface area (Å²) in [5.41, 5.74) is 6.02. The van der Waals surface area contributed by atoms with E-state index in [0.717, 1.165) is 25.1 Å². The first kappa shape index (κ1) is 15.5. The van der Waals surface area contributed by atoms with Gasteiger partial charge in [-0.2, -0.15) is 0 Å². The molecule has 1 fully saturated rings. The van der Waals surface area contributed by atoms with E-state index in [0.29, 0.717) is 25.3 Å². The van der Waals surface area contributed by atoms with E-state index >= 15 is 0 Å². The highest BCUT2D eigenvalue weighted by Crippen LogP contribution is 2.17. The van der Waals surface area contributed by atoms with E-state index in [9.17, 15) is 9.59 Å². The number of benzene rings is 1. The molecular weight excluding hydrogens is 268 g/mol. The maximum Gasteiger partial charge on any atom is 0.221 e. The van der Waals surface area contributed by atoms with Crippen LogP contribution >= 0.6 is 0 Å². The first-order valence-corrected chi connectivity index (χ1v) is 7.38. The molecule has 0 bridgehead atoms. The normalized spacial score (nSPS) is 19.2. The van der Waals surface area contributed by atoms with Crippen molar-refractivity contribution in [3.05, 3.63) is 29.8 Å². The molecule has 0 aliphatic carbocycles. The maximum absolute atomic E-state index is 12.3. The zero-order valence-electron chi connectivity index (χ0n) is 12.4. The lowest BCUT2D eigenvalue weighted by Gasteiger charge is -2.30. The summed E-state index contributed by atoms with van der Waals surface area (Å²) in [6.45, 7) is 4.28. The summed E-state index contributed by atoms with van der Waals surface area (Å²) in [6.07, 6.45) is 1.73. The van der Waals surface area contributed by atoms with Gasteiger partial charge in [0.05, 0.1) is 19.1 Å². The predicted molar refractivity (Wildman–Crippen MR) is 80.3 cm³/mol. The number of ketones is 1. The Hall–Kier alpha value is -1.88. The van der Waals surface area contributed by atoms with Gasteiger partial charge in [0.1, 0.15) is 5.75 Å². The van der Waals surface area contributed by atoms with Gasteiger partial charge in [-0.25, -0.2) is 0 Å². The average molecular weight is 290 g/mol. The molecule has 5 heteroatoms. The van der Waals surface area contributed by atoms with E-state index in [1.54, 1.807) is 24.3 Å². The van der Waals surface area contributed by atoms with Gasteiger partial charge < -0.3 is 10.5 Å². The fourth-order valence-electron chi connectivity index (χ4n) is 2.63. The molecule has 1 saturated heterocycles. The van der Waals surface area contributed by atoms with Gasteiger partial charge in [-0.3, -0.25) is 14.5 Å². The van der Waals surface area contributed by atoms with Crippen LogP contribution in [0.1, 0.15) is 30.1 Å². The zero-order chi connectivity index (χ0) is 15.2. The van der Waals surface area contributed by atoms with Gasteiger partial charge in [-0.05, 0) is 50.6 Å². The van der Waals surface area contributed by atoms with Crippen molar-refractivity contribution in [3.63, 3.8) is 0 Å². The molecule has 2 rings (SSSR count). The Morgan fingerprint density at radius 1 is 1.33 bits per heavy atom. The van der Waals surface area contributed by atoms with Crippen LogP contribution < -0.4 is 10.5 Å². The smallest absolute Gasteiger partial charge is 0.221 e. The number of ether oxygens (including phenoxy) is 1. The van der Waals surface area contributed by atoms with Crippen molar-refractivity contribution in [1.29, 1.82) is 0 Å². The van der Waals surface area contributed by atoms with Gasteiger partial charge in [0, 0.05) is 12.1 Å². The Kier molecular flexibility index (Phi) is 5.33. The number of primary amides is 1. The number of rotatable bonds is 6. The monoisotopic (exact) mass is 290 g/mol. The van der Waals surface area contributed by atoms with E-state index in [2.05, 4.69) is 0 Å². The second-order valence-corrected chi connectivity index (χ2v) is 5.36. The first-order valence-electron chi connectivity index (χ1n) is 7.38. The van der Waals surface area contributed by atoms with Crippen molar-refractivity contribution >= 4 is 11.7 Å². The van der Waals surface area contributed by atoms with Crippen LogP contribution in [0.3, 0.4) is 0 Å². The summed E-state index contributed by atoms with van der Waals surface area (Å²) < 4.78 is 5.36. The minimum Gasteiger partial charge on any atom is -0.494 e. The molecule has 1 aromatic rings. The molecule has 0 saturated carbocycles. The quantitative estimate of drug-likeness (QED) is 0.805. The summed E-state index contributed by atoms with van der Waals surface area (Å²) in [6, 6.07) is 7.17. The highest BCUT2D eigenvalue weighted by Gasteiger charge is 2.25. The van der Waals surface area contributed by atoms with Gasteiger partial charge in [0.25, 0.3) is 0 Å². The molecule has 1 aromatic carbocycles. The molecule has 0 aromatic heterocycles. The zero-order valence-corrected chi connectivity index (χ0v) is 12.4. The first-order chi connectivity index (χ1) is 10.1. The molecule has 1 heterocycles. The van der Waals surface area contributed by atoms with Crippen LogP contribution in [-0.4, -0.2) is 42.8 Å². The van der Waals surface area contributed by atoms with E-state index in [1.807, 2.05) is 11.8 Å². The molecule has 21 heavy (non-hydrogen) atoms. The lowest BCUT2D eigenvalue weighted by molar-refractivity contribution is -0.123. The summed E-state index contributed by atoms with van der Waals surface area (Å²) in [5.74, 6) is 0.420. The number of hydrogen-bond acceptors (Lipinski definition) is 4. The number of hydrogen-bond donors (Lipinski definition) is 1. The molecule has 1 aliphatic heterocycles. The Bertz CT molecular complexity index is 499. The summed E-state index contributed by atoms with van der Waals surface area (Å²) >= 11 is 0. The molecule has 1 aliphatic rings. The number of piperidine rings is 1. The molecule has 0 spiro atoms. The molecule has 1 atom stereocenters. The number of carbonyl (C=O) groups excluding carboxylic acids is 2. The standard InChI is InChI=1S/C16H22N2O3/c1-2-21-14-7-5-12(6-8-14)15(19)11-18-9-3-4-13(10-18)16(17)20/h5-8,13H,2-4,9-11H2,1H3,(H2,17,20). The van der Waals surface area contributed by atoms with E-state index < -0.39 is 0 Å². The third-order valence-corrected chi connectivity index (χ3v) is 3.76. The van der Waals surface area contributed by atoms with Gasteiger partial charge >= 0.3 is 0 Å². The second kappa shape index (κ2) is 7.22. The largest absolute Gasteiger partial charge is 0.494 e. The number of nitrogens with zero attached hydrogens (tertiary/aromatic N) is 1. The lowest BCUT2D eigenvalue weighted by atomic mass is 9.97. The maximum atomic E-state index is 12.3. The van der Waals surface area contributed by atoms with E-state index in [-0.39, 0.29) is 17.6 Å². The fourth-order valence-corrected chi connectivity index (χ4v) is 2.63. The van der Waals surface area contributed by atoms with Crippen LogP contribution in [0.4, 0.5) is 0 Å². The number of nitrogens with two attached hydrogens (primary N) is 1. The van der Waals surface area contributed by atoms with Crippen LogP contribution in [0.5, 0.6) is 5.75 Å². The summed E-state index contributed by atoms with van der Waals surface area (Å²) in [7, 11) is 0. The van der Waals surface area contributed by atoms with Crippen molar-refractivity contribution in [2.45, 2.75) is 19.8 Å². The summed E-state index contributed by atoms with van der Waals surface area (Å²) in [4.78, 5) is 25.5. The highest BCUT2D eigenvalue weighted by molar-refractivity contribution is 5.97. The van der Waals surface area contributed by atoms with Crippen LogP contribution in [0.15, 0.2) is 24.3 Å². The van der Waals surface area contributed by atoms with Gasteiger partial charge in [0.2, 0.25) is 5.91 Å². The third kappa shape index (κ3) is 4.29. The van der Waals surface area contributed by atoms with Crippen molar-refractivity contribution in [3.8, 4) is 5.75 Å². The average Bonchev–Trinajstić information content (AvgIpc) is 2.48. The minimum atomic E-state index is -0.270. The Labute approximate surface area is 125 Å². The number of likely N-dealkylation sites (tertiary alicyclic amines) is 1. The summed E-state index contributed by atoms with van der Waals surface area (Å²) in [5, 5.41) is 0. The topological polar surface area (TPSA) is 72.6 Å². The fraction of sp³-hybridized carbons (Fsp3) is 0.500. The Balaban J connectivity index is 1.92. The van der Waals surface area contributed by atoms with Crippen LogP contribution in [0.25, 0.3) is 0 Å². The molecule has 1 unspecified atom stereocenters. The molecule has 2 N–H and O–H groups in total. The van der Waals surface area contributed by atoms with Crippen LogP contribution in [0.2, 0.25) is 0 Å². The molecule has 114 valence electrons. The molecular formula is C16H22N2O3. The van der Waals surface area contributed by atoms with Gasteiger partial charge in [-0.15, -0.1) is 0 Å². The Morgan fingerprint density at radius 3 is 2.67 bits per heavy atom. The number of Topliss-reactive ketones (excluding diaryl/α,β-unsaturated/α-hetero) is 1. The Morgan fingerprint density at radius 2 is 2.05 bits per heavy atom. The van der Waals surface area contributed by atoms with Crippen molar-refractivity contribution < 1.29 is 14.3 Å². The molecule has 5 nitrogen and oxygen atoms in total. The lowest BCUT2D eigenvalue weighted by Crippen LogP contribution is -2.43. The molecule has 0 radical (unpaired) electrons. The van der Waals surface area contributed by atoms with Gasteiger partial charge in [0.15, 0.2) is 5.78 Å². The van der Waals surface area contributed by atoms with Crippen LogP contribution in [0, 0.1) is 5.92 Å². The van der Waals surface area contributed by atoms with Gasteiger partial charge in [-0.1, -0.05) is 0 Å².